The predicted molar refractivity (Wildman–Crippen MR) is 64.7 cm³/mol. The second kappa shape index (κ2) is 4.84. The topological polar surface area (TPSA) is 29.3 Å². The van der Waals surface area contributed by atoms with Gasteiger partial charge in [0.15, 0.2) is 0 Å². The summed E-state index contributed by atoms with van der Waals surface area (Å²) < 4.78 is 0. The van der Waals surface area contributed by atoms with Crippen LogP contribution in [-0.4, -0.2) is 30.1 Å². The summed E-state index contributed by atoms with van der Waals surface area (Å²) in [5.74, 6) is 1.70. The Morgan fingerprint density at radius 3 is 2.67 bits per heavy atom. The van der Waals surface area contributed by atoms with Gasteiger partial charge < -0.3 is 5.73 Å². The Morgan fingerprint density at radius 2 is 2.00 bits per heavy atom. The van der Waals surface area contributed by atoms with Crippen molar-refractivity contribution in [3.63, 3.8) is 0 Å². The van der Waals surface area contributed by atoms with Crippen molar-refractivity contribution in [1.29, 1.82) is 0 Å². The molecular formula is C13H26N2. The molecule has 0 bridgehead atoms. The quantitative estimate of drug-likeness (QED) is 0.757. The maximum absolute atomic E-state index is 5.88. The molecule has 2 N–H and O–H groups in total. The van der Waals surface area contributed by atoms with E-state index in [0.717, 1.165) is 30.5 Å². The largest absolute Gasteiger partial charge is 0.330 e. The average Bonchev–Trinajstić information content (AvgIpc) is 2.65. The summed E-state index contributed by atoms with van der Waals surface area (Å²) in [6, 6.07) is 1.59. The van der Waals surface area contributed by atoms with Crippen LogP contribution < -0.4 is 5.73 Å². The maximum atomic E-state index is 5.88. The lowest BCUT2D eigenvalue weighted by Crippen LogP contribution is -2.49. The van der Waals surface area contributed by atoms with Crippen LogP contribution in [0.25, 0.3) is 0 Å². The standard InChI is InChI=1S/C13H26N2/c1-10-6-7-15(11(2)8-10)13-5-3-4-12(13)9-14/h10-13H,3-9,14H2,1-2H3. The van der Waals surface area contributed by atoms with Crippen molar-refractivity contribution < 1.29 is 0 Å². The maximum Gasteiger partial charge on any atom is 0.0138 e. The van der Waals surface area contributed by atoms with Gasteiger partial charge in [-0.25, -0.2) is 0 Å². The normalized spacial score (nSPS) is 43.4. The van der Waals surface area contributed by atoms with Crippen LogP contribution in [0.15, 0.2) is 0 Å². The lowest BCUT2D eigenvalue weighted by atomic mass is 9.90. The van der Waals surface area contributed by atoms with Gasteiger partial charge >= 0.3 is 0 Å². The highest BCUT2D eigenvalue weighted by molar-refractivity contribution is 4.90. The van der Waals surface area contributed by atoms with E-state index in [9.17, 15) is 0 Å². The molecular weight excluding hydrogens is 184 g/mol. The molecule has 0 aromatic rings. The van der Waals surface area contributed by atoms with Gasteiger partial charge in [0, 0.05) is 12.1 Å². The second-order valence-electron chi connectivity index (χ2n) is 5.71. The highest BCUT2D eigenvalue weighted by Gasteiger charge is 2.35. The number of rotatable bonds is 2. The van der Waals surface area contributed by atoms with Gasteiger partial charge in [0.05, 0.1) is 0 Å². The molecule has 1 heterocycles. The zero-order valence-corrected chi connectivity index (χ0v) is 10.3. The molecule has 15 heavy (non-hydrogen) atoms. The van der Waals surface area contributed by atoms with Crippen LogP contribution in [0.3, 0.4) is 0 Å². The van der Waals surface area contributed by atoms with Crippen molar-refractivity contribution >= 4 is 0 Å². The van der Waals surface area contributed by atoms with Gasteiger partial charge in [-0.2, -0.15) is 0 Å². The Labute approximate surface area is 94.2 Å². The molecule has 1 saturated carbocycles. The third-order valence-electron chi connectivity index (χ3n) is 4.54. The first-order valence-electron chi connectivity index (χ1n) is 6.68. The van der Waals surface area contributed by atoms with Crippen molar-refractivity contribution in [3.8, 4) is 0 Å². The smallest absolute Gasteiger partial charge is 0.0138 e. The molecule has 2 nitrogen and oxygen atoms in total. The molecule has 1 aliphatic heterocycles. The lowest BCUT2D eigenvalue weighted by molar-refractivity contribution is 0.0644. The first-order valence-corrected chi connectivity index (χ1v) is 6.68. The summed E-state index contributed by atoms with van der Waals surface area (Å²) in [5.41, 5.74) is 5.88. The van der Waals surface area contributed by atoms with E-state index in [1.165, 1.54) is 38.6 Å². The van der Waals surface area contributed by atoms with Crippen molar-refractivity contribution in [3.05, 3.63) is 0 Å². The Bertz CT molecular complexity index is 205. The van der Waals surface area contributed by atoms with Gasteiger partial charge in [0.2, 0.25) is 0 Å². The average molecular weight is 210 g/mol. The molecule has 4 atom stereocenters. The molecule has 0 spiro atoms. The Hall–Kier alpha value is -0.0800. The first-order chi connectivity index (χ1) is 7.22. The molecule has 0 aromatic carbocycles. The fourth-order valence-electron chi connectivity index (χ4n) is 3.65. The van der Waals surface area contributed by atoms with Crippen molar-refractivity contribution in [2.24, 2.45) is 17.6 Å². The zero-order valence-electron chi connectivity index (χ0n) is 10.3. The van der Waals surface area contributed by atoms with Gasteiger partial charge in [-0.3, -0.25) is 4.90 Å². The third-order valence-corrected chi connectivity index (χ3v) is 4.54. The second-order valence-corrected chi connectivity index (χ2v) is 5.71. The van der Waals surface area contributed by atoms with E-state index in [1.807, 2.05) is 0 Å². The molecule has 2 aliphatic rings. The van der Waals surface area contributed by atoms with E-state index >= 15 is 0 Å². The number of hydrogen-bond donors (Lipinski definition) is 1. The molecule has 2 fully saturated rings. The fourth-order valence-corrected chi connectivity index (χ4v) is 3.65. The Balaban J connectivity index is 1.97. The summed E-state index contributed by atoms with van der Waals surface area (Å²) in [6.07, 6.45) is 6.91. The van der Waals surface area contributed by atoms with Gasteiger partial charge in [0.1, 0.15) is 0 Å². The minimum atomic E-state index is 0.779. The molecule has 2 rings (SSSR count). The summed E-state index contributed by atoms with van der Waals surface area (Å²) >= 11 is 0. The number of nitrogens with zero attached hydrogens (tertiary/aromatic N) is 1. The van der Waals surface area contributed by atoms with E-state index in [4.69, 9.17) is 5.73 Å². The minimum absolute atomic E-state index is 0.779. The van der Waals surface area contributed by atoms with Crippen LogP contribution >= 0.6 is 0 Å². The molecule has 1 saturated heterocycles. The van der Waals surface area contributed by atoms with Gasteiger partial charge in [-0.05, 0) is 57.5 Å². The van der Waals surface area contributed by atoms with E-state index < -0.39 is 0 Å². The summed E-state index contributed by atoms with van der Waals surface area (Å²) in [4.78, 5) is 2.75. The summed E-state index contributed by atoms with van der Waals surface area (Å²) in [7, 11) is 0. The van der Waals surface area contributed by atoms with Crippen LogP contribution in [0.5, 0.6) is 0 Å². The van der Waals surface area contributed by atoms with Crippen LogP contribution in [0.1, 0.15) is 46.0 Å². The highest BCUT2D eigenvalue weighted by Crippen LogP contribution is 2.34. The predicted octanol–water partition coefficient (Wildman–Crippen LogP) is 2.23. The van der Waals surface area contributed by atoms with Crippen LogP contribution in [0, 0.1) is 11.8 Å². The Morgan fingerprint density at radius 1 is 1.20 bits per heavy atom. The number of piperidine rings is 1. The van der Waals surface area contributed by atoms with Gasteiger partial charge in [0.25, 0.3) is 0 Å². The molecule has 4 unspecified atom stereocenters. The van der Waals surface area contributed by atoms with Crippen molar-refractivity contribution in [1.82, 2.24) is 4.90 Å². The fraction of sp³-hybridized carbons (Fsp3) is 1.00. The molecule has 0 aromatic heterocycles. The minimum Gasteiger partial charge on any atom is -0.330 e. The van der Waals surface area contributed by atoms with Crippen molar-refractivity contribution in [2.45, 2.75) is 58.0 Å². The SMILES string of the molecule is CC1CCN(C2CCCC2CN)C(C)C1. The zero-order chi connectivity index (χ0) is 10.8. The highest BCUT2D eigenvalue weighted by atomic mass is 15.2. The van der Waals surface area contributed by atoms with E-state index in [-0.39, 0.29) is 0 Å². The monoisotopic (exact) mass is 210 g/mol. The molecule has 2 heteroatoms. The van der Waals surface area contributed by atoms with Crippen molar-refractivity contribution in [2.75, 3.05) is 13.1 Å². The van der Waals surface area contributed by atoms with Gasteiger partial charge in [-0.1, -0.05) is 13.3 Å². The lowest BCUT2D eigenvalue weighted by Gasteiger charge is -2.42. The molecule has 1 aliphatic carbocycles. The van der Waals surface area contributed by atoms with Crippen LogP contribution in [0.4, 0.5) is 0 Å². The number of likely N-dealkylation sites (tertiary alicyclic amines) is 1. The number of nitrogens with two attached hydrogens (primary N) is 1. The van der Waals surface area contributed by atoms with E-state index in [1.54, 1.807) is 0 Å². The molecule has 0 radical (unpaired) electrons. The molecule has 88 valence electrons. The van der Waals surface area contributed by atoms with E-state index in [2.05, 4.69) is 18.7 Å². The number of hydrogen-bond acceptors (Lipinski definition) is 2. The first kappa shape index (κ1) is 11.4. The third kappa shape index (κ3) is 2.36. The van der Waals surface area contributed by atoms with Crippen LogP contribution in [0.2, 0.25) is 0 Å². The molecule has 0 amide bonds. The van der Waals surface area contributed by atoms with Crippen LogP contribution in [-0.2, 0) is 0 Å². The van der Waals surface area contributed by atoms with Gasteiger partial charge in [-0.15, -0.1) is 0 Å². The van der Waals surface area contributed by atoms with E-state index in [0.29, 0.717) is 0 Å². The summed E-state index contributed by atoms with van der Waals surface area (Å²) in [5, 5.41) is 0. The Kier molecular flexibility index (Phi) is 3.68. The summed E-state index contributed by atoms with van der Waals surface area (Å²) in [6.45, 7) is 7.00.